The molecule has 1 aromatic carbocycles. The summed E-state index contributed by atoms with van der Waals surface area (Å²) in [7, 11) is 3.16. The molecule has 0 aliphatic heterocycles. The van der Waals surface area contributed by atoms with Gasteiger partial charge in [0.25, 0.3) is 5.91 Å². The summed E-state index contributed by atoms with van der Waals surface area (Å²) in [5, 5.41) is 9.39. The second kappa shape index (κ2) is 3.91. The van der Waals surface area contributed by atoms with E-state index in [2.05, 4.69) is 0 Å². The molecule has 0 fully saturated rings. The molecule has 1 amide bonds. The zero-order valence-electron chi connectivity index (χ0n) is 8.02. The van der Waals surface area contributed by atoms with E-state index in [1.165, 1.54) is 23.1 Å². The summed E-state index contributed by atoms with van der Waals surface area (Å²) >= 11 is 0. The standard InChI is InChI=1S/C10H11NO3/c1-11(2)10(14)8-5-7(6-12)3-4-9(8)13/h3-6,13H,1-2H3. The quantitative estimate of drug-likeness (QED) is 0.710. The molecule has 0 heterocycles. The van der Waals surface area contributed by atoms with Crippen LogP contribution in [0.15, 0.2) is 18.2 Å². The highest BCUT2D eigenvalue weighted by Gasteiger charge is 2.13. The number of amides is 1. The molecule has 1 aromatic rings. The van der Waals surface area contributed by atoms with Crippen LogP contribution in [0.4, 0.5) is 0 Å². The van der Waals surface area contributed by atoms with Crippen LogP contribution in [0.5, 0.6) is 5.75 Å². The van der Waals surface area contributed by atoms with Crippen LogP contribution in [0.2, 0.25) is 0 Å². The van der Waals surface area contributed by atoms with Crippen LogP contribution < -0.4 is 0 Å². The Labute approximate surface area is 81.8 Å². The van der Waals surface area contributed by atoms with Gasteiger partial charge in [-0.3, -0.25) is 9.59 Å². The fourth-order valence-corrected chi connectivity index (χ4v) is 1.04. The molecule has 0 saturated carbocycles. The Morgan fingerprint density at radius 2 is 2.07 bits per heavy atom. The number of hydrogen-bond acceptors (Lipinski definition) is 3. The predicted octanol–water partition coefficient (Wildman–Crippen LogP) is 0.907. The lowest BCUT2D eigenvalue weighted by Crippen LogP contribution is -2.21. The molecule has 4 nitrogen and oxygen atoms in total. The van der Waals surface area contributed by atoms with E-state index in [1.807, 2.05) is 0 Å². The topological polar surface area (TPSA) is 57.6 Å². The lowest BCUT2D eigenvalue weighted by Gasteiger charge is -2.11. The van der Waals surface area contributed by atoms with Gasteiger partial charge in [-0.05, 0) is 18.2 Å². The maximum Gasteiger partial charge on any atom is 0.257 e. The summed E-state index contributed by atoms with van der Waals surface area (Å²) in [5.41, 5.74) is 0.507. The Morgan fingerprint density at radius 3 is 2.57 bits per heavy atom. The van der Waals surface area contributed by atoms with Gasteiger partial charge in [-0.25, -0.2) is 0 Å². The van der Waals surface area contributed by atoms with Gasteiger partial charge in [-0.15, -0.1) is 0 Å². The number of nitrogens with zero attached hydrogens (tertiary/aromatic N) is 1. The first-order chi connectivity index (χ1) is 6.56. The molecule has 74 valence electrons. The van der Waals surface area contributed by atoms with Gasteiger partial charge < -0.3 is 10.0 Å². The highest BCUT2D eigenvalue weighted by molar-refractivity contribution is 5.98. The summed E-state index contributed by atoms with van der Waals surface area (Å²) in [6, 6.07) is 4.15. The van der Waals surface area contributed by atoms with Crippen molar-refractivity contribution in [3.63, 3.8) is 0 Å². The summed E-state index contributed by atoms with van der Waals surface area (Å²) in [4.78, 5) is 23.3. The normalized spacial score (nSPS) is 9.57. The van der Waals surface area contributed by atoms with Crippen LogP contribution in [0, 0.1) is 0 Å². The highest BCUT2D eigenvalue weighted by Crippen LogP contribution is 2.18. The Kier molecular flexibility index (Phi) is 2.86. The van der Waals surface area contributed by atoms with Crippen LogP contribution >= 0.6 is 0 Å². The average Bonchev–Trinajstić information content (AvgIpc) is 2.17. The third-order valence-corrected chi connectivity index (χ3v) is 1.79. The first kappa shape index (κ1) is 10.2. The van der Waals surface area contributed by atoms with E-state index in [0.717, 1.165) is 0 Å². The number of phenols is 1. The monoisotopic (exact) mass is 193 g/mol. The van der Waals surface area contributed by atoms with E-state index in [9.17, 15) is 14.7 Å². The number of aldehydes is 1. The zero-order chi connectivity index (χ0) is 10.7. The third kappa shape index (κ3) is 1.90. The SMILES string of the molecule is CN(C)C(=O)c1cc(C=O)ccc1O. The molecule has 4 heteroatoms. The Balaban J connectivity index is 3.18. The van der Waals surface area contributed by atoms with Crippen molar-refractivity contribution in [1.82, 2.24) is 4.90 Å². The molecule has 0 aromatic heterocycles. The van der Waals surface area contributed by atoms with Crippen molar-refractivity contribution in [2.75, 3.05) is 14.1 Å². The fourth-order valence-electron chi connectivity index (χ4n) is 1.04. The molecule has 0 spiro atoms. The summed E-state index contributed by atoms with van der Waals surface area (Å²) in [6.45, 7) is 0. The van der Waals surface area contributed by atoms with Crippen LogP contribution in [0.1, 0.15) is 20.7 Å². The van der Waals surface area contributed by atoms with Crippen LogP contribution in [-0.2, 0) is 0 Å². The predicted molar refractivity (Wildman–Crippen MR) is 51.5 cm³/mol. The van der Waals surface area contributed by atoms with Gasteiger partial charge >= 0.3 is 0 Å². The first-order valence-corrected chi connectivity index (χ1v) is 4.06. The minimum absolute atomic E-state index is 0.116. The van der Waals surface area contributed by atoms with Crippen molar-refractivity contribution >= 4 is 12.2 Å². The molecule has 0 unspecified atom stereocenters. The Bertz CT molecular complexity index is 372. The van der Waals surface area contributed by atoms with Crippen LogP contribution in [-0.4, -0.2) is 36.3 Å². The minimum atomic E-state index is -0.328. The number of carbonyl (C=O) groups is 2. The van der Waals surface area contributed by atoms with Gasteiger partial charge in [0.1, 0.15) is 12.0 Å². The molecule has 0 atom stereocenters. The largest absolute Gasteiger partial charge is 0.507 e. The zero-order valence-corrected chi connectivity index (χ0v) is 8.02. The van der Waals surface area contributed by atoms with Crippen molar-refractivity contribution in [1.29, 1.82) is 0 Å². The molecule has 14 heavy (non-hydrogen) atoms. The van der Waals surface area contributed by atoms with E-state index in [1.54, 1.807) is 14.1 Å². The number of rotatable bonds is 2. The van der Waals surface area contributed by atoms with Crippen LogP contribution in [0.3, 0.4) is 0 Å². The average molecular weight is 193 g/mol. The number of carbonyl (C=O) groups excluding carboxylic acids is 2. The molecule has 0 aliphatic carbocycles. The second-order valence-corrected chi connectivity index (χ2v) is 3.09. The lowest BCUT2D eigenvalue weighted by atomic mass is 10.1. The van der Waals surface area contributed by atoms with E-state index < -0.39 is 0 Å². The second-order valence-electron chi connectivity index (χ2n) is 3.09. The Hall–Kier alpha value is -1.84. The Morgan fingerprint density at radius 1 is 1.43 bits per heavy atom. The molecule has 0 saturated heterocycles. The summed E-state index contributed by atoms with van der Waals surface area (Å²) in [6.07, 6.45) is 0.631. The maximum absolute atomic E-state index is 11.5. The van der Waals surface area contributed by atoms with E-state index >= 15 is 0 Å². The van der Waals surface area contributed by atoms with Gasteiger partial charge in [0.2, 0.25) is 0 Å². The summed E-state index contributed by atoms with van der Waals surface area (Å²) in [5.74, 6) is -0.444. The first-order valence-electron chi connectivity index (χ1n) is 4.06. The summed E-state index contributed by atoms with van der Waals surface area (Å²) < 4.78 is 0. The van der Waals surface area contributed by atoms with Crippen LogP contribution in [0.25, 0.3) is 0 Å². The molecule has 1 rings (SSSR count). The van der Waals surface area contributed by atoms with Crippen molar-refractivity contribution in [3.05, 3.63) is 29.3 Å². The van der Waals surface area contributed by atoms with E-state index in [-0.39, 0.29) is 17.2 Å². The number of phenolic OH excluding ortho intramolecular Hbond substituents is 1. The highest BCUT2D eigenvalue weighted by atomic mass is 16.3. The maximum atomic E-state index is 11.5. The van der Waals surface area contributed by atoms with E-state index in [0.29, 0.717) is 11.8 Å². The van der Waals surface area contributed by atoms with Crippen molar-refractivity contribution < 1.29 is 14.7 Å². The van der Waals surface area contributed by atoms with Crippen molar-refractivity contribution in [2.24, 2.45) is 0 Å². The van der Waals surface area contributed by atoms with Crippen molar-refractivity contribution in [3.8, 4) is 5.75 Å². The number of benzene rings is 1. The fraction of sp³-hybridized carbons (Fsp3) is 0.200. The van der Waals surface area contributed by atoms with Gasteiger partial charge in [0.05, 0.1) is 5.56 Å². The van der Waals surface area contributed by atoms with Gasteiger partial charge in [-0.1, -0.05) is 0 Å². The van der Waals surface area contributed by atoms with Gasteiger partial charge in [0.15, 0.2) is 0 Å². The molecule has 0 aliphatic rings. The lowest BCUT2D eigenvalue weighted by molar-refractivity contribution is 0.0824. The molecule has 1 N–H and O–H groups in total. The van der Waals surface area contributed by atoms with Crippen molar-refractivity contribution in [2.45, 2.75) is 0 Å². The number of aromatic hydroxyl groups is 1. The molecule has 0 radical (unpaired) electrons. The smallest absolute Gasteiger partial charge is 0.257 e. The third-order valence-electron chi connectivity index (χ3n) is 1.79. The van der Waals surface area contributed by atoms with Gasteiger partial charge in [0, 0.05) is 19.7 Å². The molecular weight excluding hydrogens is 182 g/mol. The number of hydrogen-bond donors (Lipinski definition) is 1. The van der Waals surface area contributed by atoms with Gasteiger partial charge in [-0.2, -0.15) is 0 Å². The van der Waals surface area contributed by atoms with E-state index in [4.69, 9.17) is 0 Å². The minimum Gasteiger partial charge on any atom is -0.507 e. The molecule has 0 bridgehead atoms. The molecular formula is C10H11NO3.